The average Bonchev–Trinajstić information content (AvgIpc) is 2.25. The summed E-state index contributed by atoms with van der Waals surface area (Å²) >= 11 is 0. The highest BCUT2D eigenvalue weighted by molar-refractivity contribution is 5.93. The summed E-state index contributed by atoms with van der Waals surface area (Å²) in [5.74, 6) is -0.405. The summed E-state index contributed by atoms with van der Waals surface area (Å²) < 4.78 is 0. The van der Waals surface area contributed by atoms with Gasteiger partial charge in [-0.3, -0.25) is 9.59 Å². The minimum absolute atomic E-state index is 0.0616. The molecule has 3 N–H and O–H groups in total. The molecule has 1 rings (SSSR count). The van der Waals surface area contributed by atoms with Gasteiger partial charge in [-0.2, -0.15) is 0 Å². The zero-order chi connectivity index (χ0) is 13.0. The molecule has 0 aliphatic rings. The predicted molar refractivity (Wildman–Crippen MR) is 65.0 cm³/mol. The predicted octanol–water partition coefficient (Wildman–Crippen LogP) is 0.430. The molecule has 17 heavy (non-hydrogen) atoms. The summed E-state index contributed by atoms with van der Waals surface area (Å²) in [5.41, 5.74) is 0.443. The quantitative estimate of drug-likeness (QED) is 0.711. The van der Waals surface area contributed by atoms with E-state index in [1.54, 1.807) is 6.92 Å². The number of pyridine rings is 1. The van der Waals surface area contributed by atoms with E-state index >= 15 is 0 Å². The van der Waals surface area contributed by atoms with Crippen LogP contribution in [-0.4, -0.2) is 28.6 Å². The van der Waals surface area contributed by atoms with Gasteiger partial charge in [0, 0.05) is 24.5 Å². The lowest BCUT2D eigenvalue weighted by molar-refractivity contribution is 0.0870. The number of aryl methyl sites for hydroxylation is 1. The van der Waals surface area contributed by atoms with E-state index in [1.807, 2.05) is 13.8 Å². The van der Waals surface area contributed by atoms with Gasteiger partial charge in [0.1, 0.15) is 5.56 Å². The van der Waals surface area contributed by atoms with Crippen LogP contribution in [-0.2, 0) is 0 Å². The van der Waals surface area contributed by atoms with E-state index in [0.717, 1.165) is 0 Å². The molecule has 1 heterocycles. The van der Waals surface area contributed by atoms with Crippen molar-refractivity contribution in [2.75, 3.05) is 6.54 Å². The van der Waals surface area contributed by atoms with Crippen LogP contribution in [0, 0.1) is 12.8 Å². The number of aliphatic hydroxyl groups is 1. The van der Waals surface area contributed by atoms with Crippen molar-refractivity contribution in [1.82, 2.24) is 10.3 Å². The number of hydrogen-bond acceptors (Lipinski definition) is 3. The van der Waals surface area contributed by atoms with Crippen LogP contribution in [0.1, 0.15) is 29.9 Å². The van der Waals surface area contributed by atoms with Crippen LogP contribution in [0.25, 0.3) is 0 Å². The molecular weight excluding hydrogens is 220 g/mol. The maximum Gasteiger partial charge on any atom is 0.256 e. The molecule has 0 saturated heterocycles. The molecule has 0 aliphatic heterocycles. The SMILES string of the molecule is Cc1cc(=O)c(C(=O)NCC(O)C(C)C)c[nH]1. The fraction of sp³-hybridized carbons (Fsp3) is 0.500. The van der Waals surface area contributed by atoms with E-state index in [-0.39, 0.29) is 23.5 Å². The number of carbonyl (C=O) groups is 1. The minimum atomic E-state index is -0.608. The Hall–Kier alpha value is -1.62. The third kappa shape index (κ3) is 3.71. The van der Waals surface area contributed by atoms with Crippen LogP contribution in [0.2, 0.25) is 0 Å². The molecule has 94 valence electrons. The Kier molecular flexibility index (Phi) is 4.45. The molecule has 1 atom stereocenters. The zero-order valence-corrected chi connectivity index (χ0v) is 10.3. The van der Waals surface area contributed by atoms with Crippen molar-refractivity contribution in [2.45, 2.75) is 26.9 Å². The Morgan fingerprint density at radius 3 is 2.71 bits per heavy atom. The summed E-state index contributed by atoms with van der Waals surface area (Å²) in [4.78, 5) is 26.0. The fourth-order valence-electron chi connectivity index (χ4n) is 1.28. The van der Waals surface area contributed by atoms with Gasteiger partial charge in [-0.1, -0.05) is 13.8 Å². The highest BCUT2D eigenvalue weighted by atomic mass is 16.3. The van der Waals surface area contributed by atoms with Gasteiger partial charge in [0.15, 0.2) is 5.43 Å². The number of aromatic amines is 1. The third-order valence-corrected chi connectivity index (χ3v) is 2.54. The van der Waals surface area contributed by atoms with Gasteiger partial charge >= 0.3 is 0 Å². The Morgan fingerprint density at radius 2 is 2.18 bits per heavy atom. The van der Waals surface area contributed by atoms with Gasteiger partial charge in [0.05, 0.1) is 6.10 Å². The van der Waals surface area contributed by atoms with Crippen molar-refractivity contribution in [1.29, 1.82) is 0 Å². The normalized spacial score (nSPS) is 12.5. The Bertz CT molecular complexity index is 451. The Morgan fingerprint density at radius 1 is 1.53 bits per heavy atom. The van der Waals surface area contributed by atoms with Crippen LogP contribution >= 0.6 is 0 Å². The van der Waals surface area contributed by atoms with E-state index in [2.05, 4.69) is 10.3 Å². The van der Waals surface area contributed by atoms with Crippen LogP contribution in [0.4, 0.5) is 0 Å². The molecule has 0 fully saturated rings. The molecule has 0 saturated carbocycles. The molecule has 0 aliphatic carbocycles. The second-order valence-corrected chi connectivity index (χ2v) is 4.42. The van der Waals surface area contributed by atoms with Crippen molar-refractivity contribution in [3.8, 4) is 0 Å². The van der Waals surface area contributed by atoms with Crippen LogP contribution in [0.5, 0.6) is 0 Å². The van der Waals surface area contributed by atoms with Crippen molar-refractivity contribution in [2.24, 2.45) is 5.92 Å². The topological polar surface area (TPSA) is 82.2 Å². The first-order valence-corrected chi connectivity index (χ1v) is 5.57. The number of carbonyl (C=O) groups excluding carboxylic acids is 1. The molecule has 0 spiro atoms. The first-order chi connectivity index (χ1) is 7.91. The standard InChI is InChI=1S/C12H18N2O3/c1-7(2)11(16)6-14-12(17)9-5-13-8(3)4-10(9)15/h4-5,7,11,16H,6H2,1-3H3,(H,13,15)(H,14,17). The van der Waals surface area contributed by atoms with E-state index in [1.165, 1.54) is 12.3 Å². The summed E-state index contributed by atoms with van der Waals surface area (Å²) in [6, 6.07) is 1.37. The summed E-state index contributed by atoms with van der Waals surface area (Å²) in [5, 5.41) is 12.1. The van der Waals surface area contributed by atoms with Crippen molar-refractivity contribution >= 4 is 5.91 Å². The molecule has 0 bridgehead atoms. The molecule has 1 aromatic heterocycles. The highest BCUT2D eigenvalue weighted by Gasteiger charge is 2.13. The number of aliphatic hydroxyl groups excluding tert-OH is 1. The molecule has 1 aromatic rings. The maximum atomic E-state index is 11.7. The molecule has 5 nitrogen and oxygen atoms in total. The Labute approximate surface area is 99.9 Å². The Balaban J connectivity index is 2.68. The van der Waals surface area contributed by atoms with Crippen LogP contribution < -0.4 is 10.7 Å². The lowest BCUT2D eigenvalue weighted by Crippen LogP contribution is -2.36. The average molecular weight is 238 g/mol. The van der Waals surface area contributed by atoms with Crippen LogP contribution in [0.15, 0.2) is 17.1 Å². The van der Waals surface area contributed by atoms with Crippen LogP contribution in [0.3, 0.4) is 0 Å². The number of aromatic nitrogens is 1. The lowest BCUT2D eigenvalue weighted by atomic mass is 10.1. The number of H-pyrrole nitrogens is 1. The first-order valence-electron chi connectivity index (χ1n) is 5.57. The number of nitrogens with one attached hydrogen (secondary N) is 2. The second-order valence-electron chi connectivity index (χ2n) is 4.42. The number of rotatable bonds is 4. The van der Waals surface area contributed by atoms with Gasteiger partial charge in [0.25, 0.3) is 5.91 Å². The monoisotopic (exact) mass is 238 g/mol. The summed E-state index contributed by atoms with van der Waals surface area (Å²) in [7, 11) is 0. The summed E-state index contributed by atoms with van der Waals surface area (Å²) in [6.07, 6.45) is 0.776. The minimum Gasteiger partial charge on any atom is -0.391 e. The smallest absolute Gasteiger partial charge is 0.256 e. The molecule has 1 unspecified atom stereocenters. The van der Waals surface area contributed by atoms with E-state index < -0.39 is 12.0 Å². The van der Waals surface area contributed by atoms with E-state index in [4.69, 9.17) is 0 Å². The molecule has 1 amide bonds. The first kappa shape index (κ1) is 13.4. The molecular formula is C12H18N2O3. The molecule has 0 aromatic carbocycles. The van der Waals surface area contributed by atoms with Gasteiger partial charge in [0.2, 0.25) is 0 Å². The maximum absolute atomic E-state index is 11.7. The van der Waals surface area contributed by atoms with Gasteiger partial charge in [-0.15, -0.1) is 0 Å². The lowest BCUT2D eigenvalue weighted by Gasteiger charge is -2.14. The van der Waals surface area contributed by atoms with Gasteiger partial charge in [-0.05, 0) is 12.8 Å². The third-order valence-electron chi connectivity index (χ3n) is 2.54. The van der Waals surface area contributed by atoms with E-state index in [0.29, 0.717) is 5.69 Å². The molecule has 0 radical (unpaired) electrons. The number of hydrogen-bond donors (Lipinski definition) is 3. The molecule has 5 heteroatoms. The van der Waals surface area contributed by atoms with Gasteiger partial charge in [-0.25, -0.2) is 0 Å². The van der Waals surface area contributed by atoms with Gasteiger partial charge < -0.3 is 15.4 Å². The largest absolute Gasteiger partial charge is 0.391 e. The van der Waals surface area contributed by atoms with Crippen molar-refractivity contribution in [3.63, 3.8) is 0 Å². The van der Waals surface area contributed by atoms with Crippen molar-refractivity contribution in [3.05, 3.63) is 33.7 Å². The van der Waals surface area contributed by atoms with Crippen molar-refractivity contribution < 1.29 is 9.90 Å². The van der Waals surface area contributed by atoms with E-state index in [9.17, 15) is 14.7 Å². The highest BCUT2D eigenvalue weighted by Crippen LogP contribution is 1.99. The number of amides is 1. The second kappa shape index (κ2) is 5.63. The summed E-state index contributed by atoms with van der Waals surface area (Å²) in [6.45, 7) is 5.60. The fourth-order valence-corrected chi connectivity index (χ4v) is 1.28. The zero-order valence-electron chi connectivity index (χ0n) is 10.3.